The van der Waals surface area contributed by atoms with E-state index < -0.39 is 0 Å². The maximum Gasteiger partial charge on any atom is 0.195 e. The second-order valence-corrected chi connectivity index (χ2v) is 5.37. The lowest BCUT2D eigenvalue weighted by atomic mass is 10.2. The average molecular weight is 254 g/mol. The van der Waals surface area contributed by atoms with Gasteiger partial charge < -0.3 is 0 Å². The molecular formula is C15H14N2S. The van der Waals surface area contributed by atoms with Crippen molar-refractivity contribution in [2.75, 3.05) is 0 Å². The van der Waals surface area contributed by atoms with Gasteiger partial charge in [0.2, 0.25) is 0 Å². The molecule has 3 aromatic rings. The molecule has 0 bridgehead atoms. The summed E-state index contributed by atoms with van der Waals surface area (Å²) in [5.41, 5.74) is 4.59. The number of para-hydroxylation sites is 1. The summed E-state index contributed by atoms with van der Waals surface area (Å²) >= 11 is 1.73. The molecule has 2 heterocycles. The van der Waals surface area contributed by atoms with Gasteiger partial charge in [-0.2, -0.15) is 0 Å². The Bertz CT molecular complexity index is 774. The first kappa shape index (κ1) is 11.2. The highest BCUT2D eigenvalue weighted by molar-refractivity contribution is 7.23. The smallest absolute Gasteiger partial charge is 0.195 e. The molecule has 0 aliphatic heterocycles. The Kier molecular flexibility index (Phi) is 2.56. The second-order valence-electron chi connectivity index (χ2n) is 4.36. The minimum absolute atomic E-state index is 1.05. The second kappa shape index (κ2) is 4.10. The summed E-state index contributed by atoms with van der Waals surface area (Å²) in [4.78, 5) is 5.69. The predicted molar refractivity (Wildman–Crippen MR) is 79.2 cm³/mol. The van der Waals surface area contributed by atoms with Crippen molar-refractivity contribution >= 4 is 32.6 Å². The number of imidazole rings is 1. The molecule has 3 heteroatoms. The number of benzene rings is 1. The molecule has 0 fully saturated rings. The maximum absolute atomic E-state index is 4.64. The lowest BCUT2D eigenvalue weighted by Gasteiger charge is -1.98. The van der Waals surface area contributed by atoms with Crippen LogP contribution in [0.5, 0.6) is 0 Å². The topological polar surface area (TPSA) is 17.3 Å². The Labute approximate surface area is 110 Å². The summed E-state index contributed by atoms with van der Waals surface area (Å²) in [6.45, 7) is 7.91. The van der Waals surface area contributed by atoms with E-state index in [-0.39, 0.29) is 0 Å². The highest BCUT2D eigenvalue weighted by Crippen LogP contribution is 2.29. The summed E-state index contributed by atoms with van der Waals surface area (Å²) in [5, 5.41) is 0. The molecule has 0 aliphatic rings. The Morgan fingerprint density at radius 2 is 2.17 bits per heavy atom. The fourth-order valence-corrected chi connectivity index (χ4v) is 3.16. The molecule has 0 atom stereocenters. The van der Waals surface area contributed by atoms with Crippen LogP contribution in [-0.4, -0.2) is 9.38 Å². The summed E-state index contributed by atoms with van der Waals surface area (Å²) in [7, 11) is 0. The fraction of sp³-hybridized carbons (Fsp3) is 0.133. The van der Waals surface area contributed by atoms with E-state index in [1.54, 1.807) is 11.3 Å². The van der Waals surface area contributed by atoms with Crippen molar-refractivity contribution in [3.63, 3.8) is 0 Å². The summed E-state index contributed by atoms with van der Waals surface area (Å²) in [6.07, 6.45) is 4.01. The Morgan fingerprint density at radius 3 is 2.94 bits per heavy atom. The number of fused-ring (bicyclic) bond motifs is 3. The van der Waals surface area contributed by atoms with Gasteiger partial charge in [-0.25, -0.2) is 4.98 Å². The lowest BCUT2D eigenvalue weighted by Crippen LogP contribution is -1.86. The van der Waals surface area contributed by atoms with Gasteiger partial charge in [0.15, 0.2) is 4.96 Å². The number of hydrogen-bond donors (Lipinski definition) is 0. The van der Waals surface area contributed by atoms with E-state index in [1.807, 2.05) is 6.08 Å². The van der Waals surface area contributed by atoms with Crippen molar-refractivity contribution in [3.8, 4) is 0 Å². The zero-order valence-electron chi connectivity index (χ0n) is 10.5. The Hall–Kier alpha value is -1.87. The lowest BCUT2D eigenvalue weighted by molar-refractivity contribution is 1.24. The molecule has 2 aromatic heterocycles. The van der Waals surface area contributed by atoms with Gasteiger partial charge in [-0.3, -0.25) is 4.40 Å². The maximum atomic E-state index is 4.64. The van der Waals surface area contributed by atoms with Crippen molar-refractivity contribution in [1.29, 1.82) is 0 Å². The number of rotatable bonds is 2. The van der Waals surface area contributed by atoms with Crippen LogP contribution in [0.2, 0.25) is 0 Å². The molecule has 1 aromatic carbocycles. The fourth-order valence-electron chi connectivity index (χ4n) is 2.09. The summed E-state index contributed by atoms with van der Waals surface area (Å²) < 4.78 is 3.49. The quantitative estimate of drug-likeness (QED) is 0.618. The van der Waals surface area contributed by atoms with Gasteiger partial charge in [0.05, 0.1) is 21.6 Å². The van der Waals surface area contributed by atoms with E-state index in [4.69, 9.17) is 0 Å². The first-order valence-electron chi connectivity index (χ1n) is 5.88. The third-order valence-electron chi connectivity index (χ3n) is 3.06. The monoisotopic (exact) mass is 254 g/mol. The van der Waals surface area contributed by atoms with Crippen LogP contribution in [0.25, 0.3) is 21.3 Å². The van der Waals surface area contributed by atoms with E-state index in [2.05, 4.69) is 60.2 Å². The van der Waals surface area contributed by atoms with Gasteiger partial charge in [-0.05, 0) is 37.6 Å². The number of aromatic nitrogens is 2. The zero-order chi connectivity index (χ0) is 12.7. The molecule has 0 radical (unpaired) electrons. The number of allylic oxidation sites excluding steroid dienone is 2. The van der Waals surface area contributed by atoms with Crippen LogP contribution in [0.1, 0.15) is 18.3 Å². The number of aryl methyl sites for hydroxylation is 1. The van der Waals surface area contributed by atoms with Crippen LogP contribution in [-0.2, 0) is 0 Å². The van der Waals surface area contributed by atoms with E-state index in [9.17, 15) is 0 Å². The van der Waals surface area contributed by atoms with Crippen molar-refractivity contribution in [2.24, 2.45) is 0 Å². The van der Waals surface area contributed by atoms with Crippen molar-refractivity contribution in [2.45, 2.75) is 13.8 Å². The van der Waals surface area contributed by atoms with Crippen LogP contribution in [0.4, 0.5) is 0 Å². The summed E-state index contributed by atoms with van der Waals surface area (Å²) in [5.74, 6) is 0. The van der Waals surface area contributed by atoms with Gasteiger partial charge in [0.1, 0.15) is 0 Å². The molecule has 0 spiro atoms. The van der Waals surface area contributed by atoms with E-state index in [0.29, 0.717) is 0 Å². The normalized spacial score (nSPS) is 12.4. The average Bonchev–Trinajstić information content (AvgIpc) is 2.86. The van der Waals surface area contributed by atoms with Gasteiger partial charge in [0.25, 0.3) is 0 Å². The number of nitrogens with zero attached hydrogens (tertiary/aromatic N) is 2. The first-order valence-corrected chi connectivity index (χ1v) is 6.69. The van der Waals surface area contributed by atoms with Crippen molar-refractivity contribution in [3.05, 3.63) is 53.9 Å². The SMILES string of the molecule is C=C/C(C)=C\c1c(C)nc2sc3ccccc3n12. The van der Waals surface area contributed by atoms with E-state index in [0.717, 1.165) is 21.9 Å². The molecule has 0 saturated heterocycles. The van der Waals surface area contributed by atoms with Gasteiger partial charge >= 0.3 is 0 Å². The van der Waals surface area contributed by atoms with Gasteiger partial charge in [0, 0.05) is 0 Å². The van der Waals surface area contributed by atoms with E-state index in [1.165, 1.54) is 10.2 Å². The minimum atomic E-state index is 1.05. The molecule has 0 unspecified atom stereocenters. The molecule has 0 N–H and O–H groups in total. The number of hydrogen-bond acceptors (Lipinski definition) is 2. The molecule has 0 amide bonds. The third-order valence-corrected chi connectivity index (χ3v) is 4.08. The molecular weight excluding hydrogens is 240 g/mol. The van der Waals surface area contributed by atoms with Crippen LogP contribution in [0.3, 0.4) is 0 Å². The molecule has 3 rings (SSSR count). The molecule has 0 aliphatic carbocycles. The Morgan fingerprint density at radius 1 is 1.39 bits per heavy atom. The van der Waals surface area contributed by atoms with Crippen molar-refractivity contribution < 1.29 is 0 Å². The van der Waals surface area contributed by atoms with Crippen LogP contribution in [0.15, 0.2) is 42.5 Å². The molecule has 18 heavy (non-hydrogen) atoms. The Balaban J connectivity index is 2.42. The predicted octanol–water partition coefficient (Wildman–Crippen LogP) is 4.45. The van der Waals surface area contributed by atoms with Crippen LogP contribution < -0.4 is 0 Å². The highest BCUT2D eigenvalue weighted by atomic mass is 32.1. The first-order chi connectivity index (χ1) is 8.70. The van der Waals surface area contributed by atoms with Crippen LogP contribution in [0, 0.1) is 6.92 Å². The molecule has 2 nitrogen and oxygen atoms in total. The highest BCUT2D eigenvalue weighted by Gasteiger charge is 2.12. The van der Waals surface area contributed by atoms with E-state index >= 15 is 0 Å². The largest absolute Gasteiger partial charge is 0.283 e. The molecule has 90 valence electrons. The number of thiazole rings is 1. The standard InChI is InChI=1S/C15H14N2S/c1-4-10(2)9-13-11(3)16-15-17(13)12-7-5-6-8-14(12)18-15/h4-9H,1H2,2-3H3/b10-9-. The zero-order valence-corrected chi connectivity index (χ0v) is 11.3. The van der Waals surface area contributed by atoms with Gasteiger partial charge in [-0.1, -0.05) is 36.1 Å². The third kappa shape index (κ3) is 1.59. The molecule has 0 saturated carbocycles. The van der Waals surface area contributed by atoms with Crippen molar-refractivity contribution in [1.82, 2.24) is 9.38 Å². The van der Waals surface area contributed by atoms with Gasteiger partial charge in [-0.15, -0.1) is 0 Å². The van der Waals surface area contributed by atoms with Crippen LogP contribution >= 0.6 is 11.3 Å². The summed E-state index contributed by atoms with van der Waals surface area (Å²) in [6, 6.07) is 8.41. The minimum Gasteiger partial charge on any atom is -0.283 e.